The molecule has 4 rings (SSSR count). The van der Waals surface area contributed by atoms with Crippen molar-refractivity contribution in [3.63, 3.8) is 0 Å². The van der Waals surface area contributed by atoms with Gasteiger partial charge in [-0.2, -0.15) is 0 Å². The number of hydrogen-bond acceptors (Lipinski definition) is 5. The Bertz CT molecular complexity index is 763. The monoisotopic (exact) mass is 381 g/mol. The van der Waals surface area contributed by atoms with Crippen molar-refractivity contribution in [2.75, 3.05) is 32.8 Å². The summed E-state index contributed by atoms with van der Waals surface area (Å²) in [6, 6.07) is 13.5. The van der Waals surface area contributed by atoms with Crippen molar-refractivity contribution in [2.24, 2.45) is 0 Å². The zero-order valence-electron chi connectivity index (χ0n) is 16.0. The Morgan fingerprint density at radius 3 is 2.50 bits per heavy atom. The van der Waals surface area contributed by atoms with Gasteiger partial charge in [0.15, 0.2) is 0 Å². The summed E-state index contributed by atoms with van der Waals surface area (Å²) in [7, 11) is 0. The summed E-state index contributed by atoms with van der Waals surface area (Å²) in [5.41, 5.74) is 1.74. The van der Waals surface area contributed by atoms with Gasteiger partial charge in [0.2, 0.25) is 0 Å². The van der Waals surface area contributed by atoms with Crippen LogP contribution in [0, 0.1) is 0 Å². The number of nitrogens with zero attached hydrogens (tertiary/aromatic N) is 3. The number of carbonyl (C=O) groups excluding carboxylic acids is 1. The topological polar surface area (TPSA) is 65.9 Å². The van der Waals surface area contributed by atoms with Crippen LogP contribution in [0.5, 0.6) is 0 Å². The van der Waals surface area contributed by atoms with Gasteiger partial charge in [-0.05, 0) is 30.5 Å². The van der Waals surface area contributed by atoms with Crippen LogP contribution >= 0.6 is 0 Å². The second kappa shape index (κ2) is 8.82. The first-order valence-corrected chi connectivity index (χ1v) is 10.0. The van der Waals surface area contributed by atoms with Crippen molar-refractivity contribution in [2.45, 2.75) is 31.1 Å². The summed E-state index contributed by atoms with van der Waals surface area (Å²) < 4.78 is 6.18. The van der Waals surface area contributed by atoms with E-state index < -0.39 is 0 Å². The van der Waals surface area contributed by atoms with Crippen LogP contribution in [0.2, 0.25) is 0 Å². The van der Waals surface area contributed by atoms with E-state index in [0.29, 0.717) is 18.7 Å². The second-order valence-corrected chi connectivity index (χ2v) is 7.53. The number of likely N-dealkylation sites (tertiary alicyclic amines) is 1. The number of rotatable bonds is 4. The van der Waals surface area contributed by atoms with E-state index in [9.17, 15) is 9.90 Å². The Labute approximate surface area is 165 Å². The third-order valence-electron chi connectivity index (χ3n) is 5.68. The summed E-state index contributed by atoms with van der Waals surface area (Å²) in [5, 5.41) is 9.79. The summed E-state index contributed by atoms with van der Waals surface area (Å²) in [4.78, 5) is 21.6. The van der Waals surface area contributed by atoms with Gasteiger partial charge in [0.25, 0.3) is 5.91 Å². The maximum absolute atomic E-state index is 13.3. The molecule has 2 saturated heterocycles. The molecule has 0 bridgehead atoms. The number of aromatic nitrogens is 1. The molecule has 0 radical (unpaired) electrons. The van der Waals surface area contributed by atoms with Crippen LogP contribution < -0.4 is 0 Å². The molecule has 0 unspecified atom stereocenters. The average molecular weight is 381 g/mol. The van der Waals surface area contributed by atoms with E-state index in [2.05, 4.69) is 22.0 Å². The van der Waals surface area contributed by atoms with E-state index >= 15 is 0 Å². The third kappa shape index (κ3) is 4.24. The lowest BCUT2D eigenvalue weighted by Gasteiger charge is -2.44. The van der Waals surface area contributed by atoms with Gasteiger partial charge in [-0.1, -0.05) is 30.3 Å². The number of aliphatic hydroxyl groups excluding tert-OH is 1. The lowest BCUT2D eigenvalue weighted by Crippen LogP contribution is -2.52. The van der Waals surface area contributed by atoms with Crippen LogP contribution in [0.3, 0.4) is 0 Å². The Balaban J connectivity index is 1.59. The lowest BCUT2D eigenvalue weighted by molar-refractivity contribution is -0.0770. The van der Waals surface area contributed by atoms with Crippen molar-refractivity contribution in [3.05, 3.63) is 66.0 Å². The second-order valence-electron chi connectivity index (χ2n) is 7.53. The van der Waals surface area contributed by atoms with Crippen molar-refractivity contribution >= 4 is 5.91 Å². The van der Waals surface area contributed by atoms with Crippen LogP contribution in [0.4, 0.5) is 0 Å². The lowest BCUT2D eigenvalue weighted by atomic mass is 9.96. The van der Waals surface area contributed by atoms with E-state index in [-0.39, 0.29) is 24.2 Å². The molecule has 1 N–H and O–H groups in total. The number of benzene rings is 1. The minimum absolute atomic E-state index is 0.0126. The molecular weight excluding hydrogens is 354 g/mol. The van der Waals surface area contributed by atoms with Gasteiger partial charge in [-0.25, -0.2) is 0 Å². The first-order valence-electron chi connectivity index (χ1n) is 10.0. The number of piperidine rings is 1. The van der Waals surface area contributed by atoms with Gasteiger partial charge in [0, 0.05) is 44.1 Å². The number of ether oxygens (including phenoxy) is 1. The molecule has 2 atom stereocenters. The highest BCUT2D eigenvalue weighted by atomic mass is 16.5. The van der Waals surface area contributed by atoms with Gasteiger partial charge >= 0.3 is 0 Å². The quantitative estimate of drug-likeness (QED) is 0.879. The third-order valence-corrected chi connectivity index (χ3v) is 5.68. The number of amides is 1. The van der Waals surface area contributed by atoms with Gasteiger partial charge in [0.05, 0.1) is 24.9 Å². The molecule has 1 aromatic heterocycles. The summed E-state index contributed by atoms with van der Waals surface area (Å²) in [6.45, 7) is 3.57. The van der Waals surface area contributed by atoms with Crippen LogP contribution in [0.15, 0.2) is 54.9 Å². The number of morpholine rings is 1. The molecule has 2 fully saturated rings. The van der Waals surface area contributed by atoms with Crippen molar-refractivity contribution < 1.29 is 14.6 Å². The van der Waals surface area contributed by atoms with Crippen molar-refractivity contribution in [3.8, 4) is 0 Å². The molecule has 1 amide bonds. The van der Waals surface area contributed by atoms with Crippen molar-refractivity contribution in [1.82, 2.24) is 14.8 Å². The Kier molecular flexibility index (Phi) is 6.00. The summed E-state index contributed by atoms with van der Waals surface area (Å²) in [6.07, 6.45) is 4.60. The standard InChI is InChI=1S/C22H27N3O3/c26-19-8-12-24(13-9-19)16-20-21(17-4-2-1-3-5-17)25(14-15-28-20)22(27)18-6-10-23-11-7-18/h1-7,10-11,19-21,26H,8-9,12-16H2/t20-,21-/m0/s1. The molecule has 1 aromatic carbocycles. The normalized spacial score (nSPS) is 24.2. The highest BCUT2D eigenvalue weighted by Crippen LogP contribution is 2.32. The van der Waals surface area contributed by atoms with Gasteiger partial charge in [-0.15, -0.1) is 0 Å². The molecule has 2 aliphatic heterocycles. The van der Waals surface area contributed by atoms with Gasteiger partial charge in [-0.3, -0.25) is 9.78 Å². The minimum Gasteiger partial charge on any atom is -0.393 e. The Morgan fingerprint density at radius 2 is 1.79 bits per heavy atom. The first-order chi connectivity index (χ1) is 13.7. The predicted octanol–water partition coefficient (Wildman–Crippen LogP) is 2.12. The minimum atomic E-state index is -0.196. The number of aliphatic hydroxyl groups is 1. The maximum atomic E-state index is 13.3. The molecule has 3 heterocycles. The van der Waals surface area contributed by atoms with E-state index in [0.717, 1.165) is 38.0 Å². The first kappa shape index (κ1) is 19.1. The number of pyridine rings is 1. The average Bonchev–Trinajstić information content (AvgIpc) is 2.76. The molecule has 0 spiro atoms. The molecule has 2 aromatic rings. The SMILES string of the molecule is O=C(c1ccncc1)N1CCO[C@@H](CN2CCC(O)CC2)[C@@H]1c1ccccc1. The molecule has 0 saturated carbocycles. The smallest absolute Gasteiger partial charge is 0.254 e. The summed E-state index contributed by atoms with van der Waals surface area (Å²) >= 11 is 0. The zero-order chi connectivity index (χ0) is 19.3. The molecular formula is C22H27N3O3. The van der Waals surface area contributed by atoms with Gasteiger partial charge < -0.3 is 19.6 Å². The molecule has 6 heteroatoms. The zero-order valence-corrected chi connectivity index (χ0v) is 16.0. The van der Waals surface area contributed by atoms with Crippen LogP contribution in [0.1, 0.15) is 34.8 Å². The molecule has 2 aliphatic rings. The fourth-order valence-corrected chi connectivity index (χ4v) is 4.18. The van der Waals surface area contributed by atoms with Crippen LogP contribution in [-0.4, -0.2) is 70.8 Å². The summed E-state index contributed by atoms with van der Waals surface area (Å²) in [5.74, 6) is 0.0126. The molecule has 0 aliphatic carbocycles. The van der Waals surface area contributed by atoms with Crippen molar-refractivity contribution in [1.29, 1.82) is 0 Å². The Morgan fingerprint density at radius 1 is 1.07 bits per heavy atom. The number of hydrogen-bond donors (Lipinski definition) is 1. The van der Waals surface area contributed by atoms with Crippen LogP contribution in [0.25, 0.3) is 0 Å². The number of carbonyl (C=O) groups is 1. The van der Waals surface area contributed by atoms with E-state index in [1.54, 1.807) is 24.5 Å². The Hall–Kier alpha value is -2.28. The molecule has 148 valence electrons. The van der Waals surface area contributed by atoms with E-state index in [1.165, 1.54) is 0 Å². The highest BCUT2D eigenvalue weighted by Gasteiger charge is 2.38. The molecule has 28 heavy (non-hydrogen) atoms. The predicted molar refractivity (Wildman–Crippen MR) is 106 cm³/mol. The van der Waals surface area contributed by atoms with E-state index in [1.807, 2.05) is 23.1 Å². The van der Waals surface area contributed by atoms with E-state index in [4.69, 9.17) is 4.74 Å². The molecule has 6 nitrogen and oxygen atoms in total. The largest absolute Gasteiger partial charge is 0.393 e. The highest BCUT2D eigenvalue weighted by molar-refractivity contribution is 5.94. The maximum Gasteiger partial charge on any atom is 0.254 e. The van der Waals surface area contributed by atoms with Gasteiger partial charge in [0.1, 0.15) is 0 Å². The fourth-order valence-electron chi connectivity index (χ4n) is 4.18. The van der Waals surface area contributed by atoms with Crippen LogP contribution in [-0.2, 0) is 4.74 Å². The fraction of sp³-hybridized carbons (Fsp3) is 0.455.